The Kier molecular flexibility index (Phi) is 6.63. The van der Waals surface area contributed by atoms with Crippen molar-refractivity contribution in [2.24, 2.45) is 17.6 Å². The SMILES string of the molecule is CC(C)[C@H](Cc1nc(CNC(=O)Cc2ccc3ccccc3c2)nc2ccccc12)C(N)=O. The van der Waals surface area contributed by atoms with E-state index in [4.69, 9.17) is 10.7 Å². The van der Waals surface area contributed by atoms with Gasteiger partial charge in [-0.1, -0.05) is 74.5 Å². The van der Waals surface area contributed by atoms with Crippen LogP contribution in [0.2, 0.25) is 0 Å². The molecule has 1 heterocycles. The van der Waals surface area contributed by atoms with Gasteiger partial charge in [-0.05, 0) is 28.3 Å². The molecule has 1 aromatic heterocycles. The summed E-state index contributed by atoms with van der Waals surface area (Å²) in [5.74, 6) is -0.138. The topological polar surface area (TPSA) is 98.0 Å². The predicted octanol–water partition coefficient (Wildman–Crippen LogP) is 3.94. The number of fused-ring (bicyclic) bond motifs is 2. The van der Waals surface area contributed by atoms with Gasteiger partial charge in [0.1, 0.15) is 5.82 Å². The third-order valence-electron chi connectivity index (χ3n) is 5.93. The molecule has 33 heavy (non-hydrogen) atoms. The Morgan fingerprint density at radius 3 is 2.42 bits per heavy atom. The Bertz CT molecular complexity index is 1320. The molecule has 0 spiro atoms. The number of nitrogens with one attached hydrogen (secondary N) is 1. The summed E-state index contributed by atoms with van der Waals surface area (Å²) in [6.07, 6.45) is 0.719. The van der Waals surface area contributed by atoms with E-state index in [0.29, 0.717) is 12.2 Å². The quantitative estimate of drug-likeness (QED) is 0.434. The lowest BCUT2D eigenvalue weighted by atomic mass is 9.89. The Labute approximate surface area is 193 Å². The van der Waals surface area contributed by atoms with E-state index in [1.54, 1.807) is 0 Å². The summed E-state index contributed by atoms with van der Waals surface area (Å²) in [5.41, 5.74) is 8.15. The molecule has 0 fully saturated rings. The lowest BCUT2D eigenvalue weighted by molar-refractivity contribution is -0.123. The first kappa shape index (κ1) is 22.4. The second kappa shape index (κ2) is 9.77. The fourth-order valence-corrected chi connectivity index (χ4v) is 4.08. The Morgan fingerprint density at radius 2 is 1.67 bits per heavy atom. The number of para-hydroxylation sites is 1. The molecular formula is C27H28N4O2. The third-order valence-corrected chi connectivity index (χ3v) is 5.93. The van der Waals surface area contributed by atoms with Gasteiger partial charge in [-0.15, -0.1) is 0 Å². The van der Waals surface area contributed by atoms with E-state index in [2.05, 4.69) is 16.4 Å². The van der Waals surface area contributed by atoms with Gasteiger partial charge in [-0.2, -0.15) is 0 Å². The van der Waals surface area contributed by atoms with Crippen molar-refractivity contribution in [1.29, 1.82) is 0 Å². The minimum atomic E-state index is -0.335. The lowest BCUT2D eigenvalue weighted by Crippen LogP contribution is -2.30. The van der Waals surface area contributed by atoms with Gasteiger partial charge in [0, 0.05) is 17.7 Å². The number of rotatable bonds is 8. The van der Waals surface area contributed by atoms with Crippen molar-refractivity contribution in [3.8, 4) is 0 Å². The molecule has 4 aromatic rings. The standard InChI is InChI=1S/C27H28N4O2/c1-17(2)22(27(28)33)15-24-21-9-5-6-10-23(21)30-25(31-24)16-29-26(32)14-18-11-12-19-7-3-4-8-20(19)13-18/h3-13,17,22H,14-16H2,1-2H3,(H2,28,33)(H,29,32)/t22-/m0/s1. The Morgan fingerprint density at radius 1 is 0.939 bits per heavy atom. The Hall–Kier alpha value is -3.80. The van der Waals surface area contributed by atoms with E-state index in [0.717, 1.165) is 32.9 Å². The molecule has 3 aromatic carbocycles. The molecule has 0 saturated carbocycles. The van der Waals surface area contributed by atoms with Gasteiger partial charge in [0.15, 0.2) is 0 Å². The number of hydrogen-bond donors (Lipinski definition) is 2. The third kappa shape index (κ3) is 5.34. The van der Waals surface area contributed by atoms with Crippen LogP contribution in [0.5, 0.6) is 0 Å². The molecule has 0 aliphatic carbocycles. The van der Waals surface area contributed by atoms with Crippen LogP contribution in [0, 0.1) is 11.8 Å². The molecular weight excluding hydrogens is 412 g/mol. The summed E-state index contributed by atoms with van der Waals surface area (Å²) >= 11 is 0. The molecule has 168 valence electrons. The van der Waals surface area contributed by atoms with E-state index in [-0.39, 0.29) is 36.6 Å². The summed E-state index contributed by atoms with van der Waals surface area (Å²) in [4.78, 5) is 33.9. The summed E-state index contributed by atoms with van der Waals surface area (Å²) in [6, 6.07) is 21.8. The summed E-state index contributed by atoms with van der Waals surface area (Å²) < 4.78 is 0. The zero-order valence-corrected chi connectivity index (χ0v) is 18.9. The highest BCUT2D eigenvalue weighted by atomic mass is 16.2. The molecule has 2 amide bonds. The number of amides is 2. The van der Waals surface area contributed by atoms with Crippen molar-refractivity contribution < 1.29 is 9.59 Å². The zero-order valence-electron chi connectivity index (χ0n) is 18.9. The van der Waals surface area contributed by atoms with E-state index in [1.165, 1.54) is 0 Å². The molecule has 6 nitrogen and oxygen atoms in total. The predicted molar refractivity (Wildman–Crippen MR) is 130 cm³/mol. The number of primary amides is 1. The fourth-order valence-electron chi connectivity index (χ4n) is 4.08. The van der Waals surface area contributed by atoms with Crippen LogP contribution in [0.15, 0.2) is 66.7 Å². The molecule has 3 N–H and O–H groups in total. The van der Waals surface area contributed by atoms with Gasteiger partial charge in [0.05, 0.1) is 24.2 Å². The first-order chi connectivity index (χ1) is 15.9. The average Bonchev–Trinajstić information content (AvgIpc) is 2.80. The lowest BCUT2D eigenvalue weighted by Gasteiger charge is -2.18. The minimum Gasteiger partial charge on any atom is -0.369 e. The van der Waals surface area contributed by atoms with Crippen LogP contribution < -0.4 is 11.1 Å². The van der Waals surface area contributed by atoms with Crippen molar-refractivity contribution in [3.63, 3.8) is 0 Å². The molecule has 4 rings (SSSR count). The molecule has 6 heteroatoms. The van der Waals surface area contributed by atoms with Crippen molar-refractivity contribution >= 4 is 33.5 Å². The normalized spacial score (nSPS) is 12.2. The fraction of sp³-hybridized carbons (Fsp3) is 0.259. The number of nitrogens with zero attached hydrogens (tertiary/aromatic N) is 2. The molecule has 1 atom stereocenters. The summed E-state index contributed by atoms with van der Waals surface area (Å²) in [7, 11) is 0. The molecule has 0 saturated heterocycles. The van der Waals surface area contributed by atoms with Crippen LogP contribution >= 0.6 is 0 Å². The van der Waals surface area contributed by atoms with Gasteiger partial charge >= 0.3 is 0 Å². The zero-order chi connectivity index (χ0) is 23.4. The van der Waals surface area contributed by atoms with Gasteiger partial charge in [-0.25, -0.2) is 9.97 Å². The van der Waals surface area contributed by atoms with Crippen LogP contribution in [0.3, 0.4) is 0 Å². The number of benzene rings is 3. The van der Waals surface area contributed by atoms with E-state index < -0.39 is 0 Å². The van der Waals surface area contributed by atoms with E-state index in [1.807, 2.05) is 74.5 Å². The smallest absolute Gasteiger partial charge is 0.224 e. The maximum Gasteiger partial charge on any atom is 0.224 e. The number of carbonyl (C=O) groups excluding carboxylic acids is 2. The first-order valence-corrected chi connectivity index (χ1v) is 11.2. The van der Waals surface area contributed by atoms with Crippen LogP contribution in [0.1, 0.15) is 30.9 Å². The van der Waals surface area contributed by atoms with Crippen LogP contribution in [-0.4, -0.2) is 21.8 Å². The molecule has 0 radical (unpaired) electrons. The maximum absolute atomic E-state index is 12.6. The first-order valence-electron chi connectivity index (χ1n) is 11.2. The second-order valence-electron chi connectivity index (χ2n) is 8.70. The number of nitrogens with two attached hydrogens (primary N) is 1. The van der Waals surface area contributed by atoms with Gasteiger partial charge < -0.3 is 11.1 Å². The molecule has 0 aliphatic heterocycles. The molecule has 0 aliphatic rings. The molecule has 0 unspecified atom stereocenters. The van der Waals surface area contributed by atoms with Gasteiger partial charge in [0.25, 0.3) is 0 Å². The van der Waals surface area contributed by atoms with Crippen molar-refractivity contribution in [1.82, 2.24) is 15.3 Å². The van der Waals surface area contributed by atoms with Gasteiger partial charge in [0.2, 0.25) is 11.8 Å². The van der Waals surface area contributed by atoms with Crippen molar-refractivity contribution in [3.05, 3.63) is 83.8 Å². The van der Waals surface area contributed by atoms with Crippen LogP contribution in [0.25, 0.3) is 21.7 Å². The van der Waals surface area contributed by atoms with E-state index in [9.17, 15) is 9.59 Å². The highest BCUT2D eigenvalue weighted by Gasteiger charge is 2.22. The largest absolute Gasteiger partial charge is 0.369 e. The summed E-state index contributed by atoms with van der Waals surface area (Å²) in [6.45, 7) is 4.17. The van der Waals surface area contributed by atoms with Crippen LogP contribution in [0.4, 0.5) is 0 Å². The second-order valence-corrected chi connectivity index (χ2v) is 8.70. The average molecular weight is 441 g/mol. The van der Waals surface area contributed by atoms with Crippen molar-refractivity contribution in [2.75, 3.05) is 0 Å². The maximum atomic E-state index is 12.6. The number of carbonyl (C=O) groups is 2. The highest BCUT2D eigenvalue weighted by molar-refractivity contribution is 5.86. The molecule has 0 bridgehead atoms. The highest BCUT2D eigenvalue weighted by Crippen LogP contribution is 2.22. The van der Waals surface area contributed by atoms with E-state index >= 15 is 0 Å². The number of aromatic nitrogens is 2. The van der Waals surface area contributed by atoms with Crippen molar-refractivity contribution in [2.45, 2.75) is 33.2 Å². The Balaban J connectivity index is 1.50. The van der Waals surface area contributed by atoms with Crippen LogP contribution in [-0.2, 0) is 29.0 Å². The summed E-state index contributed by atoms with van der Waals surface area (Å²) in [5, 5.41) is 6.09. The van der Waals surface area contributed by atoms with Gasteiger partial charge in [-0.3, -0.25) is 9.59 Å². The minimum absolute atomic E-state index is 0.0965. The number of hydrogen-bond acceptors (Lipinski definition) is 4. The monoisotopic (exact) mass is 440 g/mol.